The number of hydrogen-bond donors (Lipinski definition) is 1. The van der Waals surface area contributed by atoms with Crippen molar-refractivity contribution < 1.29 is 17.6 Å². The normalized spacial score (nSPS) is 18.2. The molecule has 3 aromatic heterocycles. The lowest BCUT2D eigenvalue weighted by Crippen LogP contribution is -2.38. The molecule has 30 heavy (non-hydrogen) atoms. The van der Waals surface area contributed by atoms with Crippen LogP contribution in [0.4, 0.5) is 23.2 Å². The first-order chi connectivity index (χ1) is 14.3. The molecule has 5 nitrogen and oxygen atoms in total. The number of H-pyrrole nitrogens is 1. The second-order valence-electron chi connectivity index (χ2n) is 7.91. The van der Waals surface area contributed by atoms with Crippen molar-refractivity contribution in [3.63, 3.8) is 0 Å². The fraction of sp³-hybridized carbons (Fsp3) is 0.381. The lowest BCUT2D eigenvalue weighted by Gasteiger charge is -2.40. The first kappa shape index (κ1) is 19.0. The van der Waals surface area contributed by atoms with Crippen molar-refractivity contribution in [3.05, 3.63) is 59.7 Å². The predicted molar refractivity (Wildman–Crippen MR) is 104 cm³/mol. The van der Waals surface area contributed by atoms with Gasteiger partial charge in [0, 0.05) is 12.7 Å². The van der Waals surface area contributed by atoms with Crippen LogP contribution in [0.1, 0.15) is 48.5 Å². The Bertz CT molecular complexity index is 1150. The molecule has 0 atom stereocenters. The monoisotopic (exact) mass is 417 g/mol. The maximum atomic E-state index is 13.8. The molecule has 4 heterocycles. The highest BCUT2D eigenvalue weighted by atomic mass is 19.4. The van der Waals surface area contributed by atoms with Crippen molar-refractivity contribution in [2.45, 2.75) is 43.7 Å². The molecule has 9 heteroatoms. The van der Waals surface area contributed by atoms with Gasteiger partial charge in [-0.15, -0.1) is 0 Å². The smallest absolute Gasteiger partial charge is 0.340 e. The quantitative estimate of drug-likeness (QED) is 0.480. The Morgan fingerprint density at radius 1 is 1.17 bits per heavy atom. The highest BCUT2D eigenvalue weighted by Crippen LogP contribution is 2.48. The Kier molecular flexibility index (Phi) is 4.13. The number of nitrogens with zero attached hydrogens (tertiary/aromatic N) is 4. The Labute approximate surface area is 169 Å². The maximum Gasteiger partial charge on any atom is 0.417 e. The molecule has 0 spiro atoms. The number of hydrogen-bond acceptors (Lipinski definition) is 4. The summed E-state index contributed by atoms with van der Waals surface area (Å²) in [4.78, 5) is 17.8. The van der Waals surface area contributed by atoms with Crippen LogP contribution in [0.25, 0.3) is 11.2 Å². The molecule has 1 aliphatic heterocycles. The van der Waals surface area contributed by atoms with E-state index in [1.54, 1.807) is 0 Å². The van der Waals surface area contributed by atoms with Gasteiger partial charge < -0.3 is 9.88 Å². The molecule has 0 unspecified atom stereocenters. The van der Waals surface area contributed by atoms with Crippen LogP contribution in [0.2, 0.25) is 0 Å². The minimum absolute atomic E-state index is 0.252. The number of aromatic nitrogens is 4. The highest BCUT2D eigenvalue weighted by Gasteiger charge is 2.45. The topological polar surface area (TPSA) is 57.7 Å². The van der Waals surface area contributed by atoms with Crippen molar-refractivity contribution in [1.82, 2.24) is 19.9 Å². The summed E-state index contributed by atoms with van der Waals surface area (Å²) in [6.45, 7) is 3.96. The van der Waals surface area contributed by atoms with Gasteiger partial charge in [0.2, 0.25) is 0 Å². The van der Waals surface area contributed by atoms with Crippen molar-refractivity contribution in [2.75, 3.05) is 11.4 Å². The number of aromatic amines is 1. The van der Waals surface area contributed by atoms with Gasteiger partial charge in [-0.1, -0.05) is 6.42 Å². The van der Waals surface area contributed by atoms with Gasteiger partial charge in [0.1, 0.15) is 5.82 Å². The third-order valence-corrected chi connectivity index (χ3v) is 6.14. The van der Waals surface area contributed by atoms with E-state index in [1.165, 1.54) is 4.90 Å². The van der Waals surface area contributed by atoms with Gasteiger partial charge in [-0.05, 0) is 50.5 Å². The molecule has 1 aliphatic carbocycles. The van der Waals surface area contributed by atoms with E-state index < -0.39 is 23.1 Å². The van der Waals surface area contributed by atoms with Crippen molar-refractivity contribution >= 4 is 16.9 Å². The zero-order valence-electron chi connectivity index (χ0n) is 16.1. The van der Waals surface area contributed by atoms with Gasteiger partial charge in [-0.2, -0.15) is 17.6 Å². The van der Waals surface area contributed by atoms with Gasteiger partial charge >= 0.3 is 6.18 Å². The van der Waals surface area contributed by atoms with Crippen molar-refractivity contribution in [3.8, 4) is 0 Å². The summed E-state index contributed by atoms with van der Waals surface area (Å²) < 4.78 is 52.9. The summed E-state index contributed by atoms with van der Waals surface area (Å²) in [6.07, 6.45) is 0.371. The second kappa shape index (κ2) is 6.52. The molecule has 0 saturated heterocycles. The van der Waals surface area contributed by atoms with Crippen LogP contribution in [-0.2, 0) is 18.0 Å². The number of fused-ring (bicyclic) bond motifs is 2. The SMILES string of the molecule is C=C(F)N1CCCc2nc(C3(c4nc5ncc(C(F)(F)F)cc5[nH]4)CCC3)ccc21. The summed E-state index contributed by atoms with van der Waals surface area (Å²) >= 11 is 0. The third-order valence-electron chi connectivity index (χ3n) is 6.14. The minimum Gasteiger partial charge on any atom is -0.340 e. The van der Waals surface area contributed by atoms with E-state index in [9.17, 15) is 17.6 Å². The number of aryl methyl sites for hydroxylation is 1. The zero-order chi connectivity index (χ0) is 21.1. The fourth-order valence-electron chi connectivity index (χ4n) is 4.39. The van der Waals surface area contributed by atoms with Crippen LogP contribution in [0, 0.1) is 0 Å². The lowest BCUT2D eigenvalue weighted by atomic mass is 9.65. The Balaban J connectivity index is 1.57. The number of anilines is 1. The van der Waals surface area contributed by atoms with Crippen LogP contribution >= 0.6 is 0 Å². The first-order valence-corrected chi connectivity index (χ1v) is 9.84. The van der Waals surface area contributed by atoms with Crippen LogP contribution in [0.15, 0.2) is 36.9 Å². The zero-order valence-corrected chi connectivity index (χ0v) is 16.1. The molecule has 0 bridgehead atoms. The standard InChI is InChI=1S/C21H19F4N5/c1-12(22)30-9-2-4-14-16(30)5-6-17(27-14)20(7-3-8-20)19-28-15-10-13(21(23,24)25)11-26-18(15)29-19/h5-6,10-11H,1-4,7-9H2,(H,26,28,29). The Morgan fingerprint density at radius 3 is 2.63 bits per heavy atom. The molecule has 1 N–H and O–H groups in total. The van der Waals surface area contributed by atoms with Crippen LogP contribution in [0.5, 0.6) is 0 Å². The van der Waals surface area contributed by atoms with E-state index in [-0.39, 0.29) is 11.2 Å². The average molecular weight is 417 g/mol. The molecular weight excluding hydrogens is 398 g/mol. The highest BCUT2D eigenvalue weighted by molar-refractivity contribution is 5.72. The van der Waals surface area contributed by atoms with Crippen LogP contribution in [0.3, 0.4) is 0 Å². The molecule has 2 aliphatic rings. The van der Waals surface area contributed by atoms with Crippen molar-refractivity contribution in [2.24, 2.45) is 0 Å². The summed E-state index contributed by atoms with van der Waals surface area (Å²) in [7, 11) is 0. The van der Waals surface area contributed by atoms with E-state index in [0.717, 1.165) is 55.8 Å². The average Bonchev–Trinajstić information content (AvgIpc) is 3.09. The fourth-order valence-corrected chi connectivity index (χ4v) is 4.39. The van der Waals surface area contributed by atoms with Crippen LogP contribution in [-0.4, -0.2) is 26.5 Å². The number of halogens is 4. The van der Waals surface area contributed by atoms with E-state index in [2.05, 4.69) is 21.5 Å². The van der Waals surface area contributed by atoms with Gasteiger partial charge in [0.25, 0.3) is 0 Å². The molecular formula is C21H19F4N5. The minimum atomic E-state index is -4.47. The summed E-state index contributed by atoms with van der Waals surface area (Å²) in [6, 6.07) is 4.75. The van der Waals surface area contributed by atoms with Crippen LogP contribution < -0.4 is 4.90 Å². The van der Waals surface area contributed by atoms with E-state index in [0.29, 0.717) is 18.1 Å². The van der Waals surface area contributed by atoms with Crippen molar-refractivity contribution in [1.29, 1.82) is 0 Å². The van der Waals surface area contributed by atoms with Gasteiger partial charge in [0.05, 0.1) is 33.6 Å². The molecule has 5 rings (SSSR count). The molecule has 1 saturated carbocycles. The molecule has 0 radical (unpaired) electrons. The molecule has 3 aromatic rings. The number of nitrogens with one attached hydrogen (secondary N) is 1. The Hall–Kier alpha value is -2.97. The summed E-state index contributed by atoms with van der Waals surface area (Å²) in [5.74, 6) is 0.0678. The predicted octanol–water partition coefficient (Wildman–Crippen LogP) is 5.04. The van der Waals surface area contributed by atoms with E-state index >= 15 is 0 Å². The number of imidazole rings is 1. The largest absolute Gasteiger partial charge is 0.417 e. The number of rotatable bonds is 3. The number of pyridine rings is 2. The van der Waals surface area contributed by atoms with Gasteiger partial charge in [0.15, 0.2) is 11.6 Å². The Morgan fingerprint density at radius 2 is 1.97 bits per heavy atom. The molecule has 1 fully saturated rings. The molecule has 0 amide bonds. The first-order valence-electron chi connectivity index (χ1n) is 9.84. The molecule has 0 aromatic carbocycles. The second-order valence-corrected chi connectivity index (χ2v) is 7.91. The maximum absolute atomic E-state index is 13.8. The molecule has 156 valence electrons. The van der Waals surface area contributed by atoms with Gasteiger partial charge in [-0.3, -0.25) is 4.98 Å². The van der Waals surface area contributed by atoms with E-state index in [1.807, 2.05) is 12.1 Å². The summed E-state index contributed by atoms with van der Waals surface area (Å²) in [5, 5.41) is 0. The lowest BCUT2D eigenvalue weighted by molar-refractivity contribution is -0.137. The van der Waals surface area contributed by atoms with Gasteiger partial charge in [-0.25, -0.2) is 9.97 Å². The number of alkyl halides is 3. The summed E-state index contributed by atoms with van der Waals surface area (Å²) in [5.41, 5.74) is 1.51. The third kappa shape index (κ3) is 2.86. The van der Waals surface area contributed by atoms with E-state index in [4.69, 9.17) is 4.98 Å².